The van der Waals surface area contributed by atoms with Gasteiger partial charge in [0.25, 0.3) is 5.91 Å². The minimum Gasteiger partial charge on any atom is -0.298 e. The van der Waals surface area contributed by atoms with E-state index in [-0.39, 0.29) is 15.5 Å². The van der Waals surface area contributed by atoms with Crippen molar-refractivity contribution in [2.45, 2.75) is 24.2 Å². The Hall–Kier alpha value is -1.97. The maximum Gasteiger partial charge on any atom is 0.259 e. The smallest absolute Gasteiger partial charge is 0.259 e. The summed E-state index contributed by atoms with van der Waals surface area (Å²) in [6.07, 6.45) is 2.68. The first-order valence-corrected chi connectivity index (χ1v) is 12.8. The number of nitrogens with zero attached hydrogens (tertiary/aromatic N) is 2. The Morgan fingerprint density at radius 2 is 1.77 bits per heavy atom. The molecule has 0 unspecified atom stereocenters. The number of benzene rings is 2. The highest BCUT2D eigenvalue weighted by molar-refractivity contribution is 7.89. The second-order valence-electron chi connectivity index (χ2n) is 7.08. The van der Waals surface area contributed by atoms with Crippen LogP contribution in [0.25, 0.3) is 11.3 Å². The van der Waals surface area contributed by atoms with Gasteiger partial charge in [0.2, 0.25) is 10.0 Å². The van der Waals surface area contributed by atoms with Gasteiger partial charge in [-0.2, -0.15) is 4.31 Å². The lowest BCUT2D eigenvalue weighted by atomic mass is 10.2. The van der Waals surface area contributed by atoms with Crippen LogP contribution in [-0.2, 0) is 10.0 Å². The molecular formula is C21H19Cl2N3O3S2. The largest absolute Gasteiger partial charge is 0.298 e. The highest BCUT2D eigenvalue weighted by atomic mass is 35.5. The standard InChI is InChI=1S/C21H19Cl2N3O3S2/c22-17-7-3-2-6-15(17)19-13-30-21(24-19)25-20(27)16-12-14(8-9-18(16)23)31(28,29)26-10-4-1-5-11-26/h2-3,6-9,12-13H,1,4-5,10-11H2,(H,24,25,27). The fourth-order valence-electron chi connectivity index (χ4n) is 3.38. The molecule has 162 valence electrons. The van der Waals surface area contributed by atoms with Crippen molar-refractivity contribution in [3.63, 3.8) is 0 Å². The van der Waals surface area contributed by atoms with Gasteiger partial charge in [-0.15, -0.1) is 11.3 Å². The van der Waals surface area contributed by atoms with Crippen LogP contribution in [0.5, 0.6) is 0 Å². The van der Waals surface area contributed by atoms with Crippen LogP contribution in [-0.4, -0.2) is 36.7 Å². The number of carbonyl (C=O) groups is 1. The molecule has 2 heterocycles. The predicted molar refractivity (Wildman–Crippen MR) is 125 cm³/mol. The topological polar surface area (TPSA) is 79.4 Å². The van der Waals surface area contributed by atoms with Crippen LogP contribution >= 0.6 is 34.5 Å². The summed E-state index contributed by atoms with van der Waals surface area (Å²) in [6.45, 7) is 0.965. The van der Waals surface area contributed by atoms with Gasteiger partial charge in [-0.3, -0.25) is 10.1 Å². The summed E-state index contributed by atoms with van der Waals surface area (Å²) in [6, 6.07) is 11.5. The van der Waals surface area contributed by atoms with E-state index in [2.05, 4.69) is 10.3 Å². The monoisotopic (exact) mass is 495 g/mol. The molecule has 1 aromatic heterocycles. The first kappa shape index (κ1) is 22.2. The number of nitrogens with one attached hydrogen (secondary N) is 1. The molecule has 1 aliphatic heterocycles. The maximum atomic E-state index is 13.0. The highest BCUT2D eigenvalue weighted by Crippen LogP contribution is 2.31. The van der Waals surface area contributed by atoms with Crippen molar-refractivity contribution < 1.29 is 13.2 Å². The Morgan fingerprint density at radius 1 is 1.03 bits per heavy atom. The van der Waals surface area contributed by atoms with E-state index in [1.807, 2.05) is 18.2 Å². The molecule has 3 aromatic rings. The van der Waals surface area contributed by atoms with Crippen LogP contribution in [0, 0.1) is 0 Å². The fraction of sp³-hybridized carbons (Fsp3) is 0.238. The molecule has 1 amide bonds. The molecule has 1 fully saturated rings. The number of hydrogen-bond acceptors (Lipinski definition) is 5. The summed E-state index contributed by atoms with van der Waals surface area (Å²) < 4.78 is 27.4. The van der Waals surface area contributed by atoms with Gasteiger partial charge in [0.05, 0.1) is 21.2 Å². The third-order valence-corrected chi connectivity index (χ3v) is 8.32. The molecule has 4 rings (SSSR count). The number of hydrogen-bond donors (Lipinski definition) is 1. The van der Waals surface area contributed by atoms with Gasteiger partial charge in [-0.25, -0.2) is 13.4 Å². The van der Waals surface area contributed by atoms with E-state index in [1.54, 1.807) is 11.4 Å². The van der Waals surface area contributed by atoms with Crippen molar-refractivity contribution in [1.82, 2.24) is 9.29 Å². The summed E-state index contributed by atoms with van der Waals surface area (Å²) in [5.74, 6) is -0.527. The molecule has 0 saturated carbocycles. The van der Waals surface area contributed by atoms with Crippen molar-refractivity contribution in [2.75, 3.05) is 18.4 Å². The Bertz CT molecular complexity index is 1220. The normalized spacial score (nSPS) is 15.0. The van der Waals surface area contributed by atoms with Crippen molar-refractivity contribution in [3.8, 4) is 11.3 Å². The zero-order valence-corrected chi connectivity index (χ0v) is 19.5. The van der Waals surface area contributed by atoms with Crippen LogP contribution < -0.4 is 5.32 Å². The third kappa shape index (κ3) is 4.78. The number of carbonyl (C=O) groups excluding carboxylic acids is 1. The molecular weight excluding hydrogens is 477 g/mol. The van der Waals surface area contributed by atoms with E-state index in [9.17, 15) is 13.2 Å². The van der Waals surface area contributed by atoms with Crippen LogP contribution in [0.3, 0.4) is 0 Å². The van der Waals surface area contributed by atoms with Gasteiger partial charge in [-0.05, 0) is 37.1 Å². The molecule has 1 saturated heterocycles. The lowest BCUT2D eigenvalue weighted by Crippen LogP contribution is -2.35. The molecule has 10 heteroatoms. The Kier molecular flexibility index (Phi) is 6.64. The van der Waals surface area contributed by atoms with Crippen molar-refractivity contribution in [3.05, 3.63) is 63.5 Å². The summed E-state index contributed by atoms with van der Waals surface area (Å²) in [5.41, 5.74) is 1.47. The first-order valence-electron chi connectivity index (χ1n) is 9.68. The van der Waals surface area contributed by atoms with Gasteiger partial charge in [0, 0.05) is 29.1 Å². The SMILES string of the molecule is O=C(Nc1nc(-c2ccccc2Cl)cs1)c1cc(S(=O)(=O)N2CCCCC2)ccc1Cl. The molecule has 31 heavy (non-hydrogen) atoms. The van der Waals surface area contributed by atoms with E-state index in [0.29, 0.717) is 28.9 Å². The van der Waals surface area contributed by atoms with Crippen molar-refractivity contribution >= 4 is 55.6 Å². The fourth-order valence-corrected chi connectivity index (χ4v) is 6.07. The number of aromatic nitrogens is 1. The number of amides is 1. The molecule has 1 aliphatic rings. The van der Waals surface area contributed by atoms with E-state index >= 15 is 0 Å². The summed E-state index contributed by atoms with van der Waals surface area (Å²) in [5, 5.41) is 5.57. The summed E-state index contributed by atoms with van der Waals surface area (Å²) in [4.78, 5) is 17.3. The number of rotatable bonds is 5. The summed E-state index contributed by atoms with van der Waals surface area (Å²) >= 11 is 13.7. The third-order valence-electron chi connectivity index (χ3n) is 5.01. The molecule has 0 aliphatic carbocycles. The van der Waals surface area contributed by atoms with Crippen molar-refractivity contribution in [2.24, 2.45) is 0 Å². The number of piperidine rings is 1. The number of sulfonamides is 1. The highest BCUT2D eigenvalue weighted by Gasteiger charge is 2.27. The van der Waals surface area contributed by atoms with Crippen molar-refractivity contribution in [1.29, 1.82) is 0 Å². The number of halogens is 2. The molecule has 6 nitrogen and oxygen atoms in total. The molecule has 0 atom stereocenters. The Labute approximate surface area is 194 Å². The van der Waals surface area contributed by atoms with Crippen LogP contribution in [0.2, 0.25) is 10.0 Å². The van der Waals surface area contributed by atoms with E-state index in [4.69, 9.17) is 23.2 Å². The number of anilines is 1. The van der Waals surface area contributed by atoms with Gasteiger partial charge in [0.15, 0.2) is 5.13 Å². The van der Waals surface area contributed by atoms with Gasteiger partial charge in [0.1, 0.15) is 0 Å². The second kappa shape index (κ2) is 9.26. The van der Waals surface area contributed by atoms with Gasteiger partial charge < -0.3 is 0 Å². The summed E-state index contributed by atoms with van der Waals surface area (Å²) in [7, 11) is -3.68. The first-order chi connectivity index (χ1) is 14.9. The van der Waals surface area contributed by atoms with Crippen LogP contribution in [0.15, 0.2) is 52.7 Å². The zero-order chi connectivity index (χ0) is 22.0. The Balaban J connectivity index is 1.57. The molecule has 2 aromatic carbocycles. The second-order valence-corrected chi connectivity index (χ2v) is 10.7. The minimum absolute atomic E-state index is 0.0554. The van der Waals surface area contributed by atoms with E-state index in [1.165, 1.54) is 33.8 Å². The van der Waals surface area contributed by atoms with Crippen LogP contribution in [0.4, 0.5) is 5.13 Å². The molecule has 1 N–H and O–H groups in total. The van der Waals surface area contributed by atoms with Gasteiger partial charge in [-0.1, -0.05) is 47.8 Å². The molecule has 0 spiro atoms. The average Bonchev–Trinajstić information content (AvgIpc) is 3.23. The van der Waals surface area contributed by atoms with E-state index < -0.39 is 15.9 Å². The van der Waals surface area contributed by atoms with Gasteiger partial charge >= 0.3 is 0 Å². The van der Waals surface area contributed by atoms with E-state index in [0.717, 1.165) is 24.8 Å². The molecule has 0 radical (unpaired) electrons. The number of thiazole rings is 1. The average molecular weight is 496 g/mol. The quantitative estimate of drug-likeness (QED) is 0.503. The zero-order valence-electron chi connectivity index (χ0n) is 16.3. The lowest BCUT2D eigenvalue weighted by Gasteiger charge is -2.26. The maximum absolute atomic E-state index is 13.0. The predicted octanol–water partition coefficient (Wildman–Crippen LogP) is 5.54. The molecule has 0 bridgehead atoms. The van der Waals surface area contributed by atoms with Crippen LogP contribution in [0.1, 0.15) is 29.6 Å². The lowest BCUT2D eigenvalue weighted by molar-refractivity contribution is 0.102. The Morgan fingerprint density at radius 3 is 2.52 bits per heavy atom. The minimum atomic E-state index is -3.68.